The van der Waals surface area contributed by atoms with E-state index >= 15 is 0 Å². The number of nitrogens with one attached hydrogen (secondary N) is 1. The van der Waals surface area contributed by atoms with E-state index in [2.05, 4.69) is 57.4 Å². The molecule has 0 aliphatic heterocycles. The number of amides is 1. The molecule has 144 valence electrons. The first kappa shape index (κ1) is 19.6. The van der Waals surface area contributed by atoms with Gasteiger partial charge in [-0.05, 0) is 56.4 Å². The van der Waals surface area contributed by atoms with E-state index in [4.69, 9.17) is 16.3 Å². The van der Waals surface area contributed by atoms with Crippen molar-refractivity contribution in [1.82, 2.24) is 5.32 Å². The van der Waals surface area contributed by atoms with Crippen molar-refractivity contribution >= 4 is 33.6 Å². The lowest BCUT2D eigenvalue weighted by atomic mass is 9.98. The molecule has 0 unspecified atom stereocenters. The zero-order valence-corrected chi connectivity index (χ0v) is 17.8. The van der Waals surface area contributed by atoms with Gasteiger partial charge in [0, 0.05) is 16.0 Å². The summed E-state index contributed by atoms with van der Waals surface area (Å²) in [4.78, 5) is 12.1. The van der Waals surface area contributed by atoms with Crippen molar-refractivity contribution in [1.29, 1.82) is 0 Å². The van der Waals surface area contributed by atoms with E-state index in [9.17, 15) is 4.79 Å². The highest BCUT2D eigenvalue weighted by molar-refractivity contribution is 9.10. The number of carbonyl (C=O) groups is 1. The molecule has 3 aromatic rings. The normalized spacial score (nSPS) is 11.8. The second-order valence-corrected chi connectivity index (χ2v) is 7.87. The molecule has 0 spiro atoms. The van der Waals surface area contributed by atoms with Crippen LogP contribution in [0.1, 0.15) is 22.6 Å². The van der Waals surface area contributed by atoms with E-state index in [1.165, 1.54) is 22.3 Å². The minimum absolute atomic E-state index is 0.0469. The monoisotopic (exact) mass is 465 g/mol. The molecule has 3 aromatic carbocycles. The van der Waals surface area contributed by atoms with Gasteiger partial charge in [-0.3, -0.25) is 0 Å². The summed E-state index contributed by atoms with van der Waals surface area (Å²) in [7, 11) is 0. The molecule has 0 radical (unpaired) electrons. The molecule has 0 bridgehead atoms. The third-order valence-corrected chi connectivity index (χ3v) is 6.03. The first-order valence-electron chi connectivity index (χ1n) is 9.16. The van der Waals surface area contributed by atoms with E-state index in [0.717, 1.165) is 10.0 Å². The van der Waals surface area contributed by atoms with Gasteiger partial charge in [-0.1, -0.05) is 72.0 Å². The summed E-state index contributed by atoms with van der Waals surface area (Å²) in [6.45, 7) is 0.494. The van der Waals surface area contributed by atoms with Crippen LogP contribution in [0.5, 0.6) is 0 Å². The smallest absolute Gasteiger partial charge is 0.407 e. The van der Waals surface area contributed by atoms with Crippen LogP contribution in [0.3, 0.4) is 0 Å². The molecular formula is C24H17BrClNO2. The molecule has 3 nitrogen and oxygen atoms in total. The summed E-state index contributed by atoms with van der Waals surface area (Å²) in [6.07, 6.45) is -0.474. The number of fused-ring (bicyclic) bond motifs is 3. The summed E-state index contributed by atoms with van der Waals surface area (Å²) in [6, 6.07) is 21.9. The van der Waals surface area contributed by atoms with Crippen LogP contribution in [0.25, 0.3) is 11.1 Å². The number of hydrogen-bond donors (Lipinski definition) is 1. The zero-order valence-electron chi connectivity index (χ0n) is 15.4. The standard InChI is InChI=1S/C24H17BrClNO2/c25-22-14-16(11-12-23(22)26)6-5-13-27-24(28)29-15-21-19-9-3-1-7-17(19)18-8-2-4-10-20(18)21/h1-4,7-12,14,21H,13,15H2,(H,27,28). The van der Waals surface area contributed by atoms with Crippen LogP contribution in [-0.4, -0.2) is 19.2 Å². The summed E-state index contributed by atoms with van der Waals surface area (Å²) in [5.74, 6) is 5.94. The number of alkyl carbamates (subject to hydrolysis) is 1. The van der Waals surface area contributed by atoms with Gasteiger partial charge in [0.05, 0.1) is 11.6 Å². The first-order chi connectivity index (χ1) is 14.1. The van der Waals surface area contributed by atoms with Crippen molar-refractivity contribution in [3.05, 3.63) is 92.9 Å². The molecule has 1 aliphatic carbocycles. The van der Waals surface area contributed by atoms with Crippen LogP contribution in [0.2, 0.25) is 5.02 Å². The Morgan fingerprint density at radius 3 is 2.34 bits per heavy atom. The lowest BCUT2D eigenvalue weighted by Crippen LogP contribution is -2.26. The lowest BCUT2D eigenvalue weighted by Gasteiger charge is -2.14. The minimum Gasteiger partial charge on any atom is -0.449 e. The van der Waals surface area contributed by atoms with Crippen molar-refractivity contribution in [2.24, 2.45) is 0 Å². The molecule has 5 heteroatoms. The van der Waals surface area contributed by atoms with E-state index in [1.54, 1.807) is 6.07 Å². The Labute approximate surface area is 183 Å². The maximum atomic E-state index is 12.1. The van der Waals surface area contributed by atoms with Crippen molar-refractivity contribution < 1.29 is 9.53 Å². The fourth-order valence-corrected chi connectivity index (χ4v) is 3.98. The number of benzene rings is 3. The van der Waals surface area contributed by atoms with E-state index < -0.39 is 6.09 Å². The average Bonchev–Trinajstić information content (AvgIpc) is 3.06. The molecule has 0 heterocycles. The Bertz CT molecular complexity index is 1090. The highest BCUT2D eigenvalue weighted by atomic mass is 79.9. The van der Waals surface area contributed by atoms with Gasteiger partial charge in [-0.2, -0.15) is 0 Å². The Morgan fingerprint density at radius 1 is 1.03 bits per heavy atom. The quantitative estimate of drug-likeness (QED) is 0.481. The van der Waals surface area contributed by atoms with Gasteiger partial charge >= 0.3 is 6.09 Å². The number of ether oxygens (including phenoxy) is 1. The van der Waals surface area contributed by atoms with Crippen LogP contribution in [0, 0.1) is 11.8 Å². The molecule has 0 saturated carbocycles. The summed E-state index contributed by atoms with van der Waals surface area (Å²) in [5, 5.41) is 3.31. The van der Waals surface area contributed by atoms with Gasteiger partial charge in [-0.15, -0.1) is 0 Å². The first-order valence-corrected chi connectivity index (χ1v) is 10.3. The Balaban J connectivity index is 1.35. The van der Waals surface area contributed by atoms with Gasteiger partial charge in [0.15, 0.2) is 0 Å². The lowest BCUT2D eigenvalue weighted by molar-refractivity contribution is 0.144. The Hall–Kier alpha value is -2.74. The molecular weight excluding hydrogens is 450 g/mol. The summed E-state index contributed by atoms with van der Waals surface area (Å²) >= 11 is 9.33. The highest BCUT2D eigenvalue weighted by Crippen LogP contribution is 2.44. The van der Waals surface area contributed by atoms with Crippen molar-refractivity contribution in [2.75, 3.05) is 13.2 Å². The van der Waals surface area contributed by atoms with Crippen molar-refractivity contribution in [3.63, 3.8) is 0 Å². The second-order valence-electron chi connectivity index (χ2n) is 6.61. The second kappa shape index (κ2) is 8.73. The van der Waals surface area contributed by atoms with Crippen LogP contribution in [0.4, 0.5) is 4.79 Å². The Morgan fingerprint density at radius 2 is 1.69 bits per heavy atom. The van der Waals surface area contributed by atoms with Crippen LogP contribution in [-0.2, 0) is 4.74 Å². The predicted molar refractivity (Wildman–Crippen MR) is 119 cm³/mol. The van der Waals surface area contributed by atoms with Gasteiger partial charge in [0.2, 0.25) is 0 Å². The largest absolute Gasteiger partial charge is 0.449 e. The Kier molecular flexibility index (Phi) is 5.89. The third-order valence-electron chi connectivity index (χ3n) is 4.82. The third kappa shape index (κ3) is 4.32. The van der Waals surface area contributed by atoms with E-state index in [-0.39, 0.29) is 19.1 Å². The van der Waals surface area contributed by atoms with Crippen LogP contribution < -0.4 is 5.32 Å². The zero-order chi connectivity index (χ0) is 20.2. The number of hydrogen-bond acceptors (Lipinski definition) is 2. The number of rotatable bonds is 3. The maximum absolute atomic E-state index is 12.1. The molecule has 1 N–H and O–H groups in total. The van der Waals surface area contributed by atoms with Crippen LogP contribution in [0.15, 0.2) is 71.2 Å². The van der Waals surface area contributed by atoms with E-state index in [0.29, 0.717) is 5.02 Å². The topological polar surface area (TPSA) is 38.3 Å². The van der Waals surface area contributed by atoms with Gasteiger partial charge in [-0.25, -0.2) is 4.79 Å². The summed E-state index contributed by atoms with van der Waals surface area (Å²) in [5.41, 5.74) is 5.61. The highest BCUT2D eigenvalue weighted by Gasteiger charge is 2.28. The van der Waals surface area contributed by atoms with Gasteiger partial charge < -0.3 is 10.1 Å². The molecule has 0 saturated heterocycles. The average molecular weight is 467 g/mol. The molecule has 1 amide bonds. The molecule has 0 aromatic heterocycles. The maximum Gasteiger partial charge on any atom is 0.407 e. The fraction of sp³-hybridized carbons (Fsp3) is 0.125. The van der Waals surface area contributed by atoms with Gasteiger partial charge in [0.1, 0.15) is 6.61 Å². The van der Waals surface area contributed by atoms with E-state index in [1.807, 2.05) is 36.4 Å². The molecule has 4 rings (SSSR count). The summed E-state index contributed by atoms with van der Waals surface area (Å²) < 4.78 is 6.27. The van der Waals surface area contributed by atoms with Gasteiger partial charge in [0.25, 0.3) is 0 Å². The molecule has 29 heavy (non-hydrogen) atoms. The number of halogens is 2. The molecule has 1 aliphatic rings. The number of carbonyl (C=O) groups excluding carboxylic acids is 1. The molecule has 0 atom stereocenters. The SMILES string of the molecule is O=C(NCC#Cc1ccc(Cl)c(Br)c1)OCC1c2ccccc2-c2ccccc21. The van der Waals surface area contributed by atoms with Crippen molar-refractivity contribution in [2.45, 2.75) is 5.92 Å². The molecule has 0 fully saturated rings. The minimum atomic E-state index is -0.474. The fourth-order valence-electron chi connectivity index (χ4n) is 3.49. The predicted octanol–water partition coefficient (Wildman–Crippen LogP) is 5.99. The van der Waals surface area contributed by atoms with Crippen LogP contribution >= 0.6 is 27.5 Å². The van der Waals surface area contributed by atoms with Crippen molar-refractivity contribution in [3.8, 4) is 23.0 Å².